The Labute approximate surface area is 89.6 Å². The maximum absolute atomic E-state index is 11.9. The molecule has 2 heterocycles. The highest BCUT2D eigenvalue weighted by Gasteiger charge is 2.52. The molecule has 0 aliphatic carbocycles. The van der Waals surface area contributed by atoms with Gasteiger partial charge in [-0.25, -0.2) is 4.79 Å². The molecule has 1 atom stereocenters. The van der Waals surface area contributed by atoms with Crippen LogP contribution in [0.3, 0.4) is 0 Å². The second kappa shape index (κ2) is 3.83. The summed E-state index contributed by atoms with van der Waals surface area (Å²) in [6, 6.07) is 0. The molecule has 0 aromatic carbocycles. The maximum Gasteiger partial charge on any atom is 0.332 e. The minimum atomic E-state index is -0.606. The highest BCUT2D eigenvalue weighted by molar-refractivity contribution is 5.90. The van der Waals surface area contributed by atoms with Gasteiger partial charge in [0.1, 0.15) is 5.54 Å². The van der Waals surface area contributed by atoms with Crippen LogP contribution in [0.2, 0.25) is 0 Å². The van der Waals surface area contributed by atoms with E-state index in [0.717, 1.165) is 32.2 Å². The van der Waals surface area contributed by atoms with Gasteiger partial charge < -0.3 is 9.64 Å². The Morgan fingerprint density at radius 1 is 1.47 bits per heavy atom. The number of piperidine rings is 1. The number of carbonyl (C=O) groups is 2. The monoisotopic (exact) mass is 211 g/mol. The van der Waals surface area contributed by atoms with Crippen molar-refractivity contribution in [2.75, 3.05) is 13.2 Å². The number of carbonyl (C=O) groups excluding carboxylic acids is 2. The number of nitrogens with zero attached hydrogens (tertiary/aromatic N) is 1. The summed E-state index contributed by atoms with van der Waals surface area (Å²) in [7, 11) is 0. The molecule has 0 aromatic rings. The molecule has 15 heavy (non-hydrogen) atoms. The Morgan fingerprint density at radius 3 is 2.93 bits per heavy atom. The van der Waals surface area contributed by atoms with E-state index < -0.39 is 5.54 Å². The van der Waals surface area contributed by atoms with E-state index in [2.05, 4.69) is 0 Å². The van der Waals surface area contributed by atoms with Crippen molar-refractivity contribution < 1.29 is 14.3 Å². The first kappa shape index (κ1) is 10.5. The molecule has 0 saturated carbocycles. The lowest BCUT2D eigenvalue weighted by molar-refractivity contribution is -0.164. The van der Waals surface area contributed by atoms with Gasteiger partial charge in [-0.3, -0.25) is 4.79 Å². The molecule has 2 fully saturated rings. The minimum absolute atomic E-state index is 0.117. The predicted molar refractivity (Wildman–Crippen MR) is 54.2 cm³/mol. The summed E-state index contributed by atoms with van der Waals surface area (Å²) in [4.78, 5) is 25.4. The Balaban J connectivity index is 2.22. The third-order valence-corrected chi connectivity index (χ3v) is 3.43. The van der Waals surface area contributed by atoms with Crippen LogP contribution in [0.25, 0.3) is 0 Å². The molecule has 4 nitrogen and oxygen atoms in total. The van der Waals surface area contributed by atoms with E-state index in [9.17, 15) is 9.59 Å². The van der Waals surface area contributed by atoms with Gasteiger partial charge in [0.05, 0.1) is 6.61 Å². The molecule has 4 heteroatoms. The molecule has 0 spiro atoms. The predicted octanol–water partition coefficient (Wildman–Crippen LogP) is 1.09. The Kier molecular flexibility index (Phi) is 2.67. The van der Waals surface area contributed by atoms with Crippen LogP contribution in [0, 0.1) is 0 Å². The van der Waals surface area contributed by atoms with Crippen molar-refractivity contribution in [2.24, 2.45) is 0 Å². The molecule has 0 N–H and O–H groups in total. The average molecular weight is 211 g/mol. The molecule has 2 saturated heterocycles. The standard InChI is InChI=1S/C11H17NO3/c1-2-15-10(14)11-6-3-5-9(13)12(11)8-4-7-11/h2-8H2,1H3. The van der Waals surface area contributed by atoms with Crippen molar-refractivity contribution in [3.05, 3.63) is 0 Å². The molecule has 2 aliphatic heterocycles. The van der Waals surface area contributed by atoms with Crippen LogP contribution in [0.15, 0.2) is 0 Å². The third kappa shape index (κ3) is 1.52. The second-order valence-electron chi connectivity index (χ2n) is 4.25. The first-order valence-electron chi connectivity index (χ1n) is 5.68. The van der Waals surface area contributed by atoms with Crippen molar-refractivity contribution in [3.8, 4) is 0 Å². The zero-order valence-corrected chi connectivity index (χ0v) is 9.12. The van der Waals surface area contributed by atoms with E-state index in [-0.39, 0.29) is 11.9 Å². The van der Waals surface area contributed by atoms with Gasteiger partial charge in [-0.15, -0.1) is 0 Å². The van der Waals surface area contributed by atoms with Crippen LogP contribution in [0.4, 0.5) is 0 Å². The zero-order valence-electron chi connectivity index (χ0n) is 9.12. The van der Waals surface area contributed by atoms with Gasteiger partial charge in [0.15, 0.2) is 0 Å². The van der Waals surface area contributed by atoms with Crippen molar-refractivity contribution in [3.63, 3.8) is 0 Å². The number of esters is 1. The van der Waals surface area contributed by atoms with E-state index in [1.807, 2.05) is 0 Å². The topological polar surface area (TPSA) is 46.6 Å². The fourth-order valence-electron chi connectivity index (χ4n) is 2.75. The SMILES string of the molecule is CCOC(=O)C12CCCC(=O)N1CCC2. The molecule has 0 radical (unpaired) electrons. The number of fused-ring (bicyclic) bond motifs is 1. The van der Waals surface area contributed by atoms with E-state index in [1.165, 1.54) is 0 Å². The van der Waals surface area contributed by atoms with Gasteiger partial charge in [0.2, 0.25) is 5.91 Å². The lowest BCUT2D eigenvalue weighted by Crippen LogP contribution is -2.56. The van der Waals surface area contributed by atoms with Gasteiger partial charge in [-0.05, 0) is 32.6 Å². The summed E-state index contributed by atoms with van der Waals surface area (Å²) in [5.41, 5.74) is -0.606. The maximum atomic E-state index is 11.9. The molecular formula is C11H17NO3. The number of rotatable bonds is 2. The normalized spacial score (nSPS) is 30.2. The summed E-state index contributed by atoms with van der Waals surface area (Å²) in [5, 5.41) is 0. The van der Waals surface area contributed by atoms with Crippen molar-refractivity contribution in [1.82, 2.24) is 4.90 Å². The molecule has 1 amide bonds. The van der Waals surface area contributed by atoms with Crippen LogP contribution >= 0.6 is 0 Å². The molecule has 0 bridgehead atoms. The lowest BCUT2D eigenvalue weighted by Gasteiger charge is -2.39. The molecule has 0 aromatic heterocycles. The Bertz CT molecular complexity index is 290. The van der Waals surface area contributed by atoms with Crippen LogP contribution in [-0.2, 0) is 14.3 Å². The summed E-state index contributed by atoms with van der Waals surface area (Å²) >= 11 is 0. The molecular weight excluding hydrogens is 194 g/mol. The summed E-state index contributed by atoms with van der Waals surface area (Å²) in [6.45, 7) is 2.92. The van der Waals surface area contributed by atoms with Crippen molar-refractivity contribution in [2.45, 2.75) is 44.6 Å². The number of hydrogen-bond donors (Lipinski definition) is 0. The van der Waals surface area contributed by atoms with E-state index in [4.69, 9.17) is 4.74 Å². The Morgan fingerprint density at radius 2 is 2.20 bits per heavy atom. The first-order chi connectivity index (χ1) is 7.20. The fourth-order valence-corrected chi connectivity index (χ4v) is 2.75. The van der Waals surface area contributed by atoms with E-state index in [0.29, 0.717) is 13.0 Å². The summed E-state index contributed by atoms with van der Waals surface area (Å²) < 4.78 is 5.10. The molecule has 2 aliphatic rings. The summed E-state index contributed by atoms with van der Waals surface area (Å²) in [6.07, 6.45) is 3.87. The van der Waals surface area contributed by atoms with Crippen LogP contribution in [-0.4, -0.2) is 35.5 Å². The minimum Gasteiger partial charge on any atom is -0.464 e. The highest BCUT2D eigenvalue weighted by atomic mass is 16.5. The smallest absolute Gasteiger partial charge is 0.332 e. The van der Waals surface area contributed by atoms with Crippen molar-refractivity contribution >= 4 is 11.9 Å². The molecule has 2 rings (SSSR count). The zero-order chi connectivity index (χ0) is 10.9. The summed E-state index contributed by atoms with van der Waals surface area (Å²) in [5.74, 6) is -0.0812. The highest BCUT2D eigenvalue weighted by Crippen LogP contribution is 2.39. The fraction of sp³-hybridized carbons (Fsp3) is 0.818. The molecule has 84 valence electrons. The van der Waals surface area contributed by atoms with Crippen LogP contribution in [0.1, 0.15) is 39.0 Å². The first-order valence-corrected chi connectivity index (χ1v) is 5.68. The van der Waals surface area contributed by atoms with Crippen LogP contribution in [0.5, 0.6) is 0 Å². The lowest BCUT2D eigenvalue weighted by atomic mass is 9.86. The van der Waals surface area contributed by atoms with E-state index in [1.54, 1.807) is 11.8 Å². The second-order valence-corrected chi connectivity index (χ2v) is 4.25. The van der Waals surface area contributed by atoms with Gasteiger partial charge in [0.25, 0.3) is 0 Å². The number of amides is 1. The number of ether oxygens (including phenoxy) is 1. The van der Waals surface area contributed by atoms with Gasteiger partial charge in [0, 0.05) is 13.0 Å². The van der Waals surface area contributed by atoms with Gasteiger partial charge in [-0.2, -0.15) is 0 Å². The van der Waals surface area contributed by atoms with E-state index >= 15 is 0 Å². The third-order valence-electron chi connectivity index (χ3n) is 3.43. The van der Waals surface area contributed by atoms with Gasteiger partial charge >= 0.3 is 5.97 Å². The average Bonchev–Trinajstić information content (AvgIpc) is 2.64. The van der Waals surface area contributed by atoms with Crippen molar-refractivity contribution in [1.29, 1.82) is 0 Å². The molecule has 1 unspecified atom stereocenters. The van der Waals surface area contributed by atoms with Crippen LogP contribution < -0.4 is 0 Å². The Hall–Kier alpha value is -1.06. The largest absolute Gasteiger partial charge is 0.464 e. The van der Waals surface area contributed by atoms with Gasteiger partial charge in [-0.1, -0.05) is 0 Å². The number of hydrogen-bond acceptors (Lipinski definition) is 3. The quantitative estimate of drug-likeness (QED) is 0.642.